The molecule has 0 bridgehead atoms. The summed E-state index contributed by atoms with van der Waals surface area (Å²) < 4.78 is 23.9. The van der Waals surface area contributed by atoms with Crippen molar-refractivity contribution in [1.29, 1.82) is 0 Å². The number of carbonyl (C=O) groups excluding carboxylic acids is 1. The molecule has 0 spiro atoms. The third kappa shape index (κ3) is 8.04. The fourth-order valence-corrected chi connectivity index (χ4v) is 3.08. The van der Waals surface area contributed by atoms with E-state index in [0.717, 1.165) is 13.0 Å². The van der Waals surface area contributed by atoms with Crippen molar-refractivity contribution in [3.05, 3.63) is 30.3 Å². The van der Waals surface area contributed by atoms with Crippen molar-refractivity contribution >= 4 is 28.2 Å². The van der Waals surface area contributed by atoms with Gasteiger partial charge in [0.05, 0.1) is 10.6 Å². The van der Waals surface area contributed by atoms with Gasteiger partial charge in [-0.15, -0.1) is 12.4 Å². The molecule has 0 aliphatic rings. The maximum Gasteiger partial charge on any atom is 0.220 e. The number of carbonyl (C=O) groups is 1. The zero-order valence-electron chi connectivity index (χ0n) is 12.2. The first-order chi connectivity index (χ1) is 9.56. The van der Waals surface area contributed by atoms with Crippen LogP contribution in [0.15, 0.2) is 35.2 Å². The van der Waals surface area contributed by atoms with Crippen LogP contribution in [0.25, 0.3) is 0 Å². The van der Waals surface area contributed by atoms with E-state index in [9.17, 15) is 13.2 Å². The van der Waals surface area contributed by atoms with Crippen LogP contribution in [0.2, 0.25) is 0 Å². The summed E-state index contributed by atoms with van der Waals surface area (Å²) in [6.07, 6.45) is 1.67. The molecule has 0 atom stereocenters. The average molecular weight is 335 g/mol. The molecule has 5 nitrogen and oxygen atoms in total. The summed E-state index contributed by atoms with van der Waals surface area (Å²) in [5.74, 6) is 0.0192. The lowest BCUT2D eigenvalue weighted by Crippen LogP contribution is -2.26. The number of hydrogen-bond donors (Lipinski definition) is 2. The summed E-state index contributed by atoms with van der Waals surface area (Å²) in [6, 6.07) is 8.37. The lowest BCUT2D eigenvalue weighted by atomic mass is 10.3. The van der Waals surface area contributed by atoms with Crippen LogP contribution in [0.1, 0.15) is 19.3 Å². The van der Waals surface area contributed by atoms with E-state index in [1.807, 2.05) is 7.05 Å². The highest BCUT2D eigenvalue weighted by atomic mass is 35.5. The largest absolute Gasteiger partial charge is 0.356 e. The number of halogens is 1. The molecular weight excluding hydrogens is 312 g/mol. The summed E-state index contributed by atoms with van der Waals surface area (Å²) in [5, 5.41) is 5.70. The smallest absolute Gasteiger partial charge is 0.220 e. The molecule has 1 amide bonds. The fraction of sp³-hybridized carbons (Fsp3) is 0.500. The lowest BCUT2D eigenvalue weighted by Gasteiger charge is -2.06. The first-order valence-electron chi connectivity index (χ1n) is 6.75. The number of hydrogen-bond acceptors (Lipinski definition) is 4. The van der Waals surface area contributed by atoms with Gasteiger partial charge in [-0.2, -0.15) is 0 Å². The van der Waals surface area contributed by atoms with E-state index in [1.54, 1.807) is 30.3 Å². The maximum absolute atomic E-state index is 12.0. The van der Waals surface area contributed by atoms with Gasteiger partial charge in [-0.25, -0.2) is 8.42 Å². The fourth-order valence-electron chi connectivity index (χ4n) is 1.75. The molecule has 0 fully saturated rings. The normalized spacial score (nSPS) is 10.7. The number of sulfone groups is 1. The van der Waals surface area contributed by atoms with E-state index in [2.05, 4.69) is 10.6 Å². The molecule has 21 heavy (non-hydrogen) atoms. The van der Waals surface area contributed by atoms with Crippen LogP contribution in [-0.2, 0) is 14.6 Å². The second kappa shape index (κ2) is 10.6. The number of benzene rings is 1. The molecule has 7 heteroatoms. The predicted octanol–water partition coefficient (Wildman–Crippen LogP) is 1.39. The Morgan fingerprint density at radius 1 is 1.10 bits per heavy atom. The summed E-state index contributed by atoms with van der Waals surface area (Å²) in [7, 11) is -1.40. The quantitative estimate of drug-likeness (QED) is 0.669. The van der Waals surface area contributed by atoms with Crippen molar-refractivity contribution in [2.24, 2.45) is 0 Å². The molecular formula is C14H23ClN2O3S. The van der Waals surface area contributed by atoms with E-state index in [1.165, 1.54) is 0 Å². The maximum atomic E-state index is 12.0. The van der Waals surface area contributed by atoms with Crippen LogP contribution in [-0.4, -0.2) is 40.2 Å². The van der Waals surface area contributed by atoms with Gasteiger partial charge in [0.25, 0.3) is 0 Å². The first kappa shape index (κ1) is 19.9. The number of amides is 1. The van der Waals surface area contributed by atoms with Gasteiger partial charge in [-0.05, 0) is 38.6 Å². The molecule has 2 N–H and O–H groups in total. The summed E-state index contributed by atoms with van der Waals surface area (Å²) in [5.41, 5.74) is 0. The van der Waals surface area contributed by atoms with Crippen molar-refractivity contribution in [2.75, 3.05) is 25.9 Å². The minimum Gasteiger partial charge on any atom is -0.356 e. The molecule has 0 radical (unpaired) electrons. The third-order valence-corrected chi connectivity index (χ3v) is 4.66. The molecule has 1 rings (SSSR count). The topological polar surface area (TPSA) is 75.3 Å². The molecule has 0 saturated heterocycles. The predicted molar refractivity (Wildman–Crippen MR) is 86.5 cm³/mol. The van der Waals surface area contributed by atoms with Crippen LogP contribution < -0.4 is 10.6 Å². The van der Waals surface area contributed by atoms with Gasteiger partial charge >= 0.3 is 0 Å². The molecule has 0 heterocycles. The zero-order chi connectivity index (χ0) is 14.8. The molecule has 0 saturated carbocycles. The van der Waals surface area contributed by atoms with Gasteiger partial charge in [0, 0.05) is 13.0 Å². The number of rotatable bonds is 9. The van der Waals surface area contributed by atoms with Crippen molar-refractivity contribution < 1.29 is 13.2 Å². The van der Waals surface area contributed by atoms with Gasteiger partial charge in [0.2, 0.25) is 5.91 Å². The first-order valence-corrected chi connectivity index (χ1v) is 8.40. The lowest BCUT2D eigenvalue weighted by molar-refractivity contribution is -0.121. The summed E-state index contributed by atoms with van der Waals surface area (Å²) in [6.45, 7) is 1.19. The highest BCUT2D eigenvalue weighted by molar-refractivity contribution is 7.91. The summed E-state index contributed by atoms with van der Waals surface area (Å²) in [4.78, 5) is 11.8. The highest BCUT2D eigenvalue weighted by Crippen LogP contribution is 2.10. The van der Waals surface area contributed by atoms with Crippen molar-refractivity contribution in [2.45, 2.75) is 24.2 Å². The Bertz CT molecular complexity index is 506. The van der Waals surface area contributed by atoms with Gasteiger partial charge in [-0.1, -0.05) is 18.2 Å². The van der Waals surface area contributed by atoms with Crippen LogP contribution in [0.4, 0.5) is 0 Å². The van der Waals surface area contributed by atoms with Crippen molar-refractivity contribution in [3.63, 3.8) is 0 Å². The Hall–Kier alpha value is -1.11. The Labute approximate surface area is 132 Å². The Morgan fingerprint density at radius 3 is 2.38 bits per heavy atom. The minimum absolute atomic E-state index is 0. The van der Waals surface area contributed by atoms with Crippen molar-refractivity contribution in [3.8, 4) is 0 Å². The van der Waals surface area contributed by atoms with Crippen molar-refractivity contribution in [1.82, 2.24) is 10.6 Å². The van der Waals surface area contributed by atoms with E-state index < -0.39 is 9.84 Å². The molecule has 0 aliphatic heterocycles. The van der Waals surface area contributed by atoms with E-state index in [0.29, 0.717) is 24.3 Å². The minimum atomic E-state index is -3.24. The van der Waals surface area contributed by atoms with Crippen LogP contribution in [0, 0.1) is 0 Å². The Morgan fingerprint density at radius 2 is 1.76 bits per heavy atom. The second-order valence-electron chi connectivity index (χ2n) is 4.54. The van der Waals surface area contributed by atoms with Crippen LogP contribution in [0.5, 0.6) is 0 Å². The average Bonchev–Trinajstić information content (AvgIpc) is 2.45. The second-order valence-corrected chi connectivity index (χ2v) is 6.65. The Balaban J connectivity index is 0.00000400. The highest BCUT2D eigenvalue weighted by Gasteiger charge is 2.13. The standard InChI is InChI=1S/C14H22N2O3S.ClH/c1-15-10-5-9-14(17)16-11-6-12-20(18,19)13-7-3-2-4-8-13;/h2-4,7-8,15H,5-6,9-12H2,1H3,(H,16,17);1H. The summed E-state index contributed by atoms with van der Waals surface area (Å²) >= 11 is 0. The van der Waals surface area contributed by atoms with Crippen LogP contribution >= 0.6 is 12.4 Å². The molecule has 0 aliphatic carbocycles. The van der Waals surface area contributed by atoms with Crippen LogP contribution in [0.3, 0.4) is 0 Å². The monoisotopic (exact) mass is 334 g/mol. The van der Waals surface area contributed by atoms with Gasteiger partial charge < -0.3 is 10.6 Å². The van der Waals surface area contributed by atoms with E-state index in [4.69, 9.17) is 0 Å². The molecule has 0 unspecified atom stereocenters. The number of nitrogens with one attached hydrogen (secondary N) is 2. The van der Waals surface area contributed by atoms with E-state index in [-0.39, 0.29) is 24.1 Å². The third-order valence-electron chi connectivity index (χ3n) is 2.84. The SMILES string of the molecule is CNCCCC(=O)NCCCS(=O)(=O)c1ccccc1.Cl. The molecule has 120 valence electrons. The molecule has 1 aromatic rings. The van der Waals surface area contributed by atoms with Gasteiger partial charge in [0.1, 0.15) is 0 Å². The zero-order valence-corrected chi connectivity index (χ0v) is 13.8. The Kier molecular flexibility index (Phi) is 10.0. The molecule has 0 aromatic heterocycles. The van der Waals surface area contributed by atoms with E-state index >= 15 is 0 Å². The van der Waals surface area contributed by atoms with Gasteiger partial charge in [0.15, 0.2) is 9.84 Å². The van der Waals surface area contributed by atoms with Gasteiger partial charge in [-0.3, -0.25) is 4.79 Å². The molecule has 1 aromatic carbocycles.